The second-order valence-corrected chi connectivity index (χ2v) is 6.13. The molecule has 0 N–H and O–H groups in total. The molecule has 6 heteroatoms. The molecule has 0 aromatic carbocycles. The van der Waals surface area contributed by atoms with Gasteiger partial charge in [-0.3, -0.25) is 0 Å². The molecule has 2 fully saturated rings. The number of nitrogens with zero attached hydrogens (tertiary/aromatic N) is 6. The lowest BCUT2D eigenvalue weighted by Crippen LogP contribution is -2.48. The van der Waals surface area contributed by atoms with E-state index in [1.165, 1.54) is 12.8 Å². The first-order chi connectivity index (χ1) is 11.3. The Morgan fingerprint density at radius 1 is 1.09 bits per heavy atom. The summed E-state index contributed by atoms with van der Waals surface area (Å²) in [6.45, 7) is 2.99. The van der Waals surface area contributed by atoms with Crippen LogP contribution >= 0.6 is 0 Å². The van der Waals surface area contributed by atoms with Gasteiger partial charge in [0, 0.05) is 32.0 Å². The van der Waals surface area contributed by atoms with Crippen molar-refractivity contribution in [3.63, 3.8) is 0 Å². The van der Waals surface area contributed by atoms with Gasteiger partial charge in [0.2, 0.25) is 0 Å². The molecule has 116 valence electrons. The zero-order valence-electron chi connectivity index (χ0n) is 12.8. The highest BCUT2D eigenvalue weighted by Gasteiger charge is 2.39. The van der Waals surface area contributed by atoms with Gasteiger partial charge in [0.05, 0.1) is 17.7 Å². The van der Waals surface area contributed by atoms with E-state index in [1.54, 1.807) is 24.8 Å². The number of anilines is 2. The van der Waals surface area contributed by atoms with Crippen molar-refractivity contribution in [2.45, 2.75) is 18.9 Å². The third kappa shape index (κ3) is 2.59. The van der Waals surface area contributed by atoms with E-state index in [0.717, 1.165) is 31.3 Å². The zero-order valence-corrected chi connectivity index (χ0v) is 12.8. The Balaban J connectivity index is 1.58. The van der Waals surface area contributed by atoms with Gasteiger partial charge < -0.3 is 9.80 Å². The van der Waals surface area contributed by atoms with Gasteiger partial charge in [-0.05, 0) is 37.0 Å². The molecule has 2 saturated heterocycles. The van der Waals surface area contributed by atoms with E-state index in [2.05, 4.69) is 30.8 Å². The van der Waals surface area contributed by atoms with Crippen LogP contribution in [0.5, 0.6) is 0 Å². The lowest BCUT2D eigenvalue weighted by molar-refractivity contribution is 0.388. The van der Waals surface area contributed by atoms with E-state index >= 15 is 0 Å². The highest BCUT2D eigenvalue weighted by molar-refractivity contribution is 5.49. The highest BCUT2D eigenvalue weighted by Crippen LogP contribution is 2.35. The van der Waals surface area contributed by atoms with Crippen LogP contribution in [0.25, 0.3) is 0 Å². The molecule has 2 aromatic heterocycles. The average Bonchev–Trinajstić information content (AvgIpc) is 3.05. The first-order valence-electron chi connectivity index (χ1n) is 7.99. The Morgan fingerprint density at radius 2 is 2.00 bits per heavy atom. The number of aromatic nitrogens is 3. The number of hydrogen-bond acceptors (Lipinski definition) is 6. The topological polar surface area (TPSA) is 68.9 Å². The quantitative estimate of drug-likeness (QED) is 0.843. The third-order valence-electron chi connectivity index (χ3n) is 4.92. The zero-order chi connectivity index (χ0) is 15.6. The fraction of sp³-hybridized carbons (Fsp3) is 0.412. The average molecular weight is 306 g/mol. The molecule has 0 aliphatic carbocycles. The standard InChI is InChI=1S/C17H18N6/c18-10-13-1-6-20-17(9-13)23-8-4-14-3-7-22(11-15(14)23)16-2-5-19-12-21-16/h1-2,5-6,9,12,14-15H,3-4,7-8,11H2. The van der Waals surface area contributed by atoms with Gasteiger partial charge in [0.1, 0.15) is 18.0 Å². The first kappa shape index (κ1) is 13.9. The molecule has 0 saturated carbocycles. The van der Waals surface area contributed by atoms with E-state index in [9.17, 15) is 0 Å². The Bertz CT molecular complexity index is 725. The van der Waals surface area contributed by atoms with Gasteiger partial charge in [-0.1, -0.05) is 0 Å². The summed E-state index contributed by atoms with van der Waals surface area (Å²) >= 11 is 0. The van der Waals surface area contributed by atoms with Gasteiger partial charge in [-0.2, -0.15) is 5.26 Å². The van der Waals surface area contributed by atoms with Crippen LogP contribution in [0.15, 0.2) is 36.9 Å². The van der Waals surface area contributed by atoms with Crippen molar-refractivity contribution in [2.75, 3.05) is 29.4 Å². The van der Waals surface area contributed by atoms with Crippen LogP contribution in [0.3, 0.4) is 0 Å². The molecular weight excluding hydrogens is 288 g/mol. The van der Waals surface area contributed by atoms with E-state index in [-0.39, 0.29) is 0 Å². The van der Waals surface area contributed by atoms with Crippen molar-refractivity contribution in [1.29, 1.82) is 5.26 Å². The number of rotatable bonds is 2. The van der Waals surface area contributed by atoms with Crippen LogP contribution in [0.1, 0.15) is 18.4 Å². The number of piperidine rings is 1. The number of hydrogen-bond donors (Lipinski definition) is 0. The Hall–Kier alpha value is -2.68. The van der Waals surface area contributed by atoms with E-state index in [0.29, 0.717) is 17.5 Å². The van der Waals surface area contributed by atoms with Crippen molar-refractivity contribution in [3.8, 4) is 6.07 Å². The molecule has 0 spiro atoms. The molecule has 2 unspecified atom stereocenters. The Kier molecular flexibility index (Phi) is 3.54. The Morgan fingerprint density at radius 3 is 2.83 bits per heavy atom. The van der Waals surface area contributed by atoms with Crippen molar-refractivity contribution in [3.05, 3.63) is 42.5 Å². The minimum Gasteiger partial charge on any atom is -0.354 e. The fourth-order valence-corrected chi connectivity index (χ4v) is 3.75. The van der Waals surface area contributed by atoms with Crippen molar-refractivity contribution in [2.24, 2.45) is 5.92 Å². The van der Waals surface area contributed by atoms with Crippen LogP contribution in [-0.4, -0.2) is 40.6 Å². The lowest BCUT2D eigenvalue weighted by Gasteiger charge is -2.39. The Labute approximate surface area is 135 Å². The number of fused-ring (bicyclic) bond motifs is 1. The van der Waals surface area contributed by atoms with E-state index in [4.69, 9.17) is 5.26 Å². The summed E-state index contributed by atoms with van der Waals surface area (Å²) in [5, 5.41) is 9.11. The van der Waals surface area contributed by atoms with Crippen molar-refractivity contribution < 1.29 is 0 Å². The normalized spacial score (nSPS) is 23.4. The fourth-order valence-electron chi connectivity index (χ4n) is 3.75. The summed E-state index contributed by atoms with van der Waals surface area (Å²) < 4.78 is 0. The molecule has 2 aromatic rings. The largest absolute Gasteiger partial charge is 0.354 e. The maximum absolute atomic E-state index is 9.11. The number of nitriles is 1. The minimum absolute atomic E-state index is 0.431. The first-order valence-corrected chi connectivity index (χ1v) is 7.99. The van der Waals surface area contributed by atoms with Crippen molar-refractivity contribution >= 4 is 11.6 Å². The maximum Gasteiger partial charge on any atom is 0.131 e. The smallest absolute Gasteiger partial charge is 0.131 e. The molecule has 6 nitrogen and oxygen atoms in total. The van der Waals surface area contributed by atoms with Gasteiger partial charge in [-0.25, -0.2) is 15.0 Å². The van der Waals surface area contributed by atoms with Gasteiger partial charge in [-0.15, -0.1) is 0 Å². The summed E-state index contributed by atoms with van der Waals surface area (Å²) in [4.78, 5) is 17.6. The second-order valence-electron chi connectivity index (χ2n) is 6.13. The molecule has 2 atom stereocenters. The second kappa shape index (κ2) is 5.84. The van der Waals surface area contributed by atoms with E-state index < -0.39 is 0 Å². The van der Waals surface area contributed by atoms with Crippen molar-refractivity contribution in [1.82, 2.24) is 15.0 Å². The molecule has 4 rings (SSSR count). The van der Waals surface area contributed by atoms with Gasteiger partial charge in [0.15, 0.2) is 0 Å². The SMILES string of the molecule is N#Cc1ccnc(N2CCC3CCN(c4ccncn4)CC32)c1. The minimum atomic E-state index is 0.431. The van der Waals surface area contributed by atoms with Crippen LogP contribution in [0.4, 0.5) is 11.6 Å². The van der Waals surface area contributed by atoms with E-state index in [1.807, 2.05) is 12.1 Å². The van der Waals surface area contributed by atoms with Gasteiger partial charge >= 0.3 is 0 Å². The predicted molar refractivity (Wildman–Crippen MR) is 87.1 cm³/mol. The molecule has 0 amide bonds. The summed E-state index contributed by atoms with van der Waals surface area (Å²) in [5.74, 6) is 2.60. The molecule has 2 aliphatic heterocycles. The molecule has 2 aliphatic rings. The van der Waals surface area contributed by atoms with Gasteiger partial charge in [0.25, 0.3) is 0 Å². The highest BCUT2D eigenvalue weighted by atomic mass is 15.3. The third-order valence-corrected chi connectivity index (χ3v) is 4.92. The van der Waals surface area contributed by atoms with Crippen LogP contribution in [0.2, 0.25) is 0 Å². The summed E-state index contributed by atoms with van der Waals surface area (Å²) in [6.07, 6.45) is 7.49. The maximum atomic E-state index is 9.11. The molecule has 4 heterocycles. The molecule has 0 bridgehead atoms. The monoisotopic (exact) mass is 306 g/mol. The number of pyridine rings is 1. The van der Waals surface area contributed by atoms with Crippen LogP contribution < -0.4 is 9.80 Å². The molecular formula is C17H18N6. The summed E-state index contributed by atoms with van der Waals surface area (Å²) in [6, 6.07) is 8.25. The molecule has 23 heavy (non-hydrogen) atoms. The molecule has 0 radical (unpaired) electrons. The van der Waals surface area contributed by atoms with Crippen LogP contribution in [0, 0.1) is 17.2 Å². The van der Waals surface area contributed by atoms with Crippen LogP contribution in [-0.2, 0) is 0 Å². The summed E-state index contributed by atoms with van der Waals surface area (Å²) in [7, 11) is 0. The summed E-state index contributed by atoms with van der Waals surface area (Å²) in [5.41, 5.74) is 0.668. The lowest BCUT2D eigenvalue weighted by atomic mass is 9.92. The predicted octanol–water partition coefficient (Wildman–Crippen LogP) is 1.85.